The van der Waals surface area contributed by atoms with Gasteiger partial charge in [-0.25, -0.2) is 4.39 Å². The average Bonchev–Trinajstić information content (AvgIpc) is 2.43. The van der Waals surface area contributed by atoms with Crippen molar-refractivity contribution in [3.63, 3.8) is 0 Å². The van der Waals surface area contributed by atoms with Gasteiger partial charge in [0.15, 0.2) is 0 Å². The Morgan fingerprint density at radius 2 is 1.75 bits per heavy atom. The summed E-state index contributed by atoms with van der Waals surface area (Å²) in [7, 11) is 0. The van der Waals surface area contributed by atoms with Gasteiger partial charge in [-0.1, -0.05) is 50.2 Å². The molecule has 1 N–H and O–H groups in total. The highest BCUT2D eigenvalue weighted by atomic mass is 79.9. The lowest BCUT2D eigenvalue weighted by molar-refractivity contribution is 0.515. The molecule has 1 atom stereocenters. The van der Waals surface area contributed by atoms with E-state index >= 15 is 0 Å². The molecule has 0 aliphatic carbocycles. The van der Waals surface area contributed by atoms with E-state index < -0.39 is 0 Å². The second-order valence-corrected chi connectivity index (χ2v) is 6.09. The molecule has 2 aromatic carbocycles. The Kier molecular flexibility index (Phi) is 5.18. The lowest BCUT2D eigenvalue weighted by Gasteiger charge is -2.23. The van der Waals surface area contributed by atoms with Crippen molar-refractivity contribution in [2.24, 2.45) is 5.92 Å². The van der Waals surface area contributed by atoms with E-state index in [0.29, 0.717) is 24.1 Å². The Hall–Kier alpha value is -1.35. The predicted octanol–water partition coefficient (Wildman–Crippen LogP) is 5.44. The van der Waals surface area contributed by atoms with E-state index in [1.54, 1.807) is 6.07 Å². The topological polar surface area (TPSA) is 12.0 Å². The number of anilines is 1. The summed E-state index contributed by atoms with van der Waals surface area (Å²) in [5.41, 5.74) is 1.82. The number of para-hydroxylation sites is 1. The van der Waals surface area contributed by atoms with Gasteiger partial charge in [-0.05, 0) is 39.5 Å². The molecule has 0 aromatic heterocycles. The van der Waals surface area contributed by atoms with Crippen LogP contribution in [0.2, 0.25) is 0 Å². The highest BCUT2D eigenvalue weighted by Gasteiger charge is 2.16. The Morgan fingerprint density at radius 1 is 1.05 bits per heavy atom. The summed E-state index contributed by atoms with van der Waals surface area (Å²) < 4.78 is 14.6. The molecule has 2 rings (SSSR count). The van der Waals surface area contributed by atoms with E-state index in [1.807, 2.05) is 24.3 Å². The minimum Gasteiger partial charge on any atom is -0.381 e. The van der Waals surface area contributed by atoms with E-state index in [9.17, 15) is 4.39 Å². The minimum absolute atomic E-state index is 0.227. The van der Waals surface area contributed by atoms with E-state index in [2.05, 4.69) is 47.2 Å². The minimum atomic E-state index is -0.227. The largest absolute Gasteiger partial charge is 0.381 e. The average molecular weight is 336 g/mol. The molecule has 0 heterocycles. The lowest BCUT2D eigenvalue weighted by Crippen LogP contribution is -2.18. The highest BCUT2D eigenvalue weighted by Crippen LogP contribution is 2.29. The van der Waals surface area contributed by atoms with Crippen LogP contribution in [0.25, 0.3) is 0 Å². The fraction of sp³-hybridized carbons (Fsp3) is 0.294. The molecule has 0 spiro atoms. The molecule has 2 aromatic rings. The second kappa shape index (κ2) is 6.89. The zero-order valence-corrected chi connectivity index (χ0v) is 13.3. The van der Waals surface area contributed by atoms with Crippen molar-refractivity contribution in [2.75, 3.05) is 11.9 Å². The SMILES string of the molecule is CC(C)C(CNc1c(F)cccc1Br)c1ccccc1. The van der Waals surface area contributed by atoms with Crippen LogP contribution in [0.5, 0.6) is 0 Å². The van der Waals surface area contributed by atoms with E-state index in [4.69, 9.17) is 0 Å². The third kappa shape index (κ3) is 3.60. The van der Waals surface area contributed by atoms with Crippen molar-refractivity contribution in [2.45, 2.75) is 19.8 Å². The van der Waals surface area contributed by atoms with Crippen LogP contribution in [-0.2, 0) is 0 Å². The maximum atomic E-state index is 13.8. The molecular weight excluding hydrogens is 317 g/mol. The summed E-state index contributed by atoms with van der Waals surface area (Å²) in [4.78, 5) is 0. The maximum Gasteiger partial charge on any atom is 0.147 e. The molecule has 20 heavy (non-hydrogen) atoms. The number of benzene rings is 2. The van der Waals surface area contributed by atoms with Crippen molar-refractivity contribution in [3.8, 4) is 0 Å². The molecule has 1 nitrogen and oxygen atoms in total. The molecule has 0 bridgehead atoms. The lowest BCUT2D eigenvalue weighted by atomic mass is 9.88. The van der Waals surface area contributed by atoms with Crippen LogP contribution in [0.1, 0.15) is 25.3 Å². The summed E-state index contributed by atoms with van der Waals surface area (Å²) >= 11 is 3.39. The molecule has 0 aliphatic rings. The second-order valence-electron chi connectivity index (χ2n) is 5.24. The Labute approximate surface area is 128 Å². The van der Waals surface area contributed by atoms with Crippen LogP contribution in [0.15, 0.2) is 53.0 Å². The van der Waals surface area contributed by atoms with Crippen molar-refractivity contribution < 1.29 is 4.39 Å². The normalized spacial score (nSPS) is 12.4. The van der Waals surface area contributed by atoms with Gasteiger partial charge in [0.2, 0.25) is 0 Å². The van der Waals surface area contributed by atoms with Crippen LogP contribution in [0, 0.1) is 11.7 Å². The first kappa shape index (κ1) is 15.0. The Morgan fingerprint density at radius 3 is 2.35 bits per heavy atom. The third-order valence-electron chi connectivity index (χ3n) is 3.49. The van der Waals surface area contributed by atoms with Crippen molar-refractivity contribution in [3.05, 3.63) is 64.4 Å². The number of hydrogen-bond acceptors (Lipinski definition) is 1. The summed E-state index contributed by atoms with van der Waals surface area (Å²) in [6.07, 6.45) is 0. The van der Waals surface area contributed by atoms with Crippen LogP contribution < -0.4 is 5.32 Å². The summed E-state index contributed by atoms with van der Waals surface area (Å²) in [5, 5.41) is 3.24. The van der Waals surface area contributed by atoms with Gasteiger partial charge < -0.3 is 5.32 Å². The first-order valence-corrected chi connectivity index (χ1v) is 7.61. The molecule has 1 unspecified atom stereocenters. The first-order chi connectivity index (χ1) is 9.59. The zero-order valence-electron chi connectivity index (χ0n) is 11.7. The number of nitrogens with one attached hydrogen (secondary N) is 1. The van der Waals surface area contributed by atoms with Crippen LogP contribution in [0.4, 0.5) is 10.1 Å². The van der Waals surface area contributed by atoms with Gasteiger partial charge in [-0.15, -0.1) is 0 Å². The number of rotatable bonds is 5. The summed E-state index contributed by atoms with van der Waals surface area (Å²) in [5.74, 6) is 0.605. The van der Waals surface area contributed by atoms with Crippen LogP contribution in [0.3, 0.4) is 0 Å². The molecule has 0 amide bonds. The van der Waals surface area contributed by atoms with E-state index in [-0.39, 0.29) is 5.82 Å². The van der Waals surface area contributed by atoms with Crippen molar-refractivity contribution >= 4 is 21.6 Å². The van der Waals surface area contributed by atoms with Gasteiger partial charge in [0.1, 0.15) is 5.82 Å². The third-order valence-corrected chi connectivity index (χ3v) is 4.15. The fourth-order valence-corrected chi connectivity index (χ4v) is 2.80. The predicted molar refractivity (Wildman–Crippen MR) is 86.6 cm³/mol. The van der Waals surface area contributed by atoms with Gasteiger partial charge in [0, 0.05) is 16.9 Å². The zero-order chi connectivity index (χ0) is 14.5. The van der Waals surface area contributed by atoms with Crippen LogP contribution >= 0.6 is 15.9 Å². The van der Waals surface area contributed by atoms with Gasteiger partial charge in [-0.2, -0.15) is 0 Å². The molecule has 0 radical (unpaired) electrons. The van der Waals surface area contributed by atoms with E-state index in [1.165, 1.54) is 11.6 Å². The fourth-order valence-electron chi connectivity index (χ4n) is 2.32. The molecule has 0 fully saturated rings. The van der Waals surface area contributed by atoms with Crippen LogP contribution in [-0.4, -0.2) is 6.54 Å². The smallest absolute Gasteiger partial charge is 0.147 e. The molecule has 3 heteroatoms. The Balaban J connectivity index is 2.15. The molecule has 106 valence electrons. The number of halogens is 2. The molecule has 0 saturated heterocycles. The molecular formula is C17H19BrFN. The first-order valence-electron chi connectivity index (χ1n) is 6.82. The van der Waals surface area contributed by atoms with Crippen molar-refractivity contribution in [1.82, 2.24) is 0 Å². The van der Waals surface area contributed by atoms with Gasteiger partial charge >= 0.3 is 0 Å². The highest BCUT2D eigenvalue weighted by molar-refractivity contribution is 9.10. The monoisotopic (exact) mass is 335 g/mol. The van der Waals surface area contributed by atoms with Gasteiger partial charge in [-0.3, -0.25) is 0 Å². The molecule has 0 saturated carbocycles. The van der Waals surface area contributed by atoms with Gasteiger partial charge in [0.05, 0.1) is 5.69 Å². The standard InChI is InChI=1S/C17H19BrFN/c1-12(2)14(13-7-4-3-5-8-13)11-20-17-15(18)9-6-10-16(17)19/h3-10,12,14,20H,11H2,1-2H3. The van der Waals surface area contributed by atoms with Gasteiger partial charge in [0.25, 0.3) is 0 Å². The summed E-state index contributed by atoms with van der Waals surface area (Å²) in [6, 6.07) is 15.4. The molecule has 0 aliphatic heterocycles. The Bertz CT molecular complexity index is 534. The maximum absolute atomic E-state index is 13.8. The summed E-state index contributed by atoms with van der Waals surface area (Å²) in [6.45, 7) is 5.09. The van der Waals surface area contributed by atoms with E-state index in [0.717, 1.165) is 4.47 Å². The quantitative estimate of drug-likeness (QED) is 0.767. The van der Waals surface area contributed by atoms with Crippen molar-refractivity contribution in [1.29, 1.82) is 0 Å². The number of hydrogen-bond donors (Lipinski definition) is 1.